The normalized spacial score (nSPS) is 26.5. The van der Waals surface area contributed by atoms with E-state index in [9.17, 15) is 5.11 Å². The van der Waals surface area contributed by atoms with Crippen molar-refractivity contribution < 1.29 is 99.8 Å². The molecule has 5 saturated heterocycles. The molecule has 0 bridgehead atoms. The fourth-order valence-electron chi connectivity index (χ4n) is 17.3. The standard InChI is InChI=1S/C111H118O21S/c1-2-133-111-106(123-71-86-53-30-11-31-54-86)103(120-68-83-47-24-8-25-48-83)98(132-110-105(122-70-85-51-28-10-29-52-85)102(119-67-82-45-22-7-23-46-82)99-94(128-110)77-125-107(130-99)90-59-34-13-35-60-90)93(129-111)76-115-64-88-57-36-58-89(61-88)73-116-96-91(74-113-62-78-37-14-3-15-38-78)127-109(100(95(96)112)117-65-80-41-18-5-19-42-80)131-97-92(75-114-63-79-39-16-4-17-40-79)126-108(124-72-87-55-32-12-33-56-87)104(121-69-84-49-26-9-27-50-84)101(97)118-66-81-43-20-6-21-44-81/h3-61,91-112H,2,62-77H2,1H3/t91-,92-,93-,94-,95+,96+,97-,98-,99-,100-,101+,102+,103+,104-,105-,106-,107-,108-,109+,110-,111+/m1/s1. The number of aliphatic hydroxyl groups excluding tert-OH is 1. The van der Waals surface area contributed by atoms with Gasteiger partial charge in [0.05, 0.1) is 106 Å². The Kier molecular flexibility index (Phi) is 35.8. The number of aliphatic hydroxyl groups is 1. The van der Waals surface area contributed by atoms with E-state index in [1.54, 1.807) is 11.8 Å². The Morgan fingerprint density at radius 3 is 0.977 bits per heavy atom. The Labute approximate surface area is 783 Å². The van der Waals surface area contributed by atoms with Gasteiger partial charge in [0.15, 0.2) is 25.2 Å². The van der Waals surface area contributed by atoms with E-state index >= 15 is 0 Å². The zero-order valence-corrected chi connectivity index (χ0v) is 75.5. The lowest BCUT2D eigenvalue weighted by Gasteiger charge is -2.51. The summed E-state index contributed by atoms with van der Waals surface area (Å²) in [5.41, 5.74) is 11.3. The average molecular weight is 1820 g/mol. The summed E-state index contributed by atoms with van der Waals surface area (Å²) in [5.74, 6) is 0.692. The lowest BCUT2D eigenvalue weighted by molar-refractivity contribution is -0.389. The summed E-state index contributed by atoms with van der Waals surface area (Å²) in [6.45, 7) is 4.39. The van der Waals surface area contributed by atoms with E-state index in [1.165, 1.54) is 0 Å². The van der Waals surface area contributed by atoms with Crippen LogP contribution >= 0.6 is 11.8 Å². The molecule has 5 aliphatic heterocycles. The Morgan fingerprint density at radius 2 is 0.556 bits per heavy atom. The molecule has 694 valence electrons. The van der Waals surface area contributed by atoms with Crippen molar-refractivity contribution >= 4 is 11.8 Å². The third-order valence-electron chi connectivity index (χ3n) is 24.1. The van der Waals surface area contributed by atoms with Crippen LogP contribution < -0.4 is 0 Å². The smallest absolute Gasteiger partial charge is 0.187 e. The average Bonchev–Trinajstić information content (AvgIpc) is 0.765. The van der Waals surface area contributed by atoms with Crippen molar-refractivity contribution in [2.24, 2.45) is 0 Å². The van der Waals surface area contributed by atoms with Gasteiger partial charge in [-0.25, -0.2) is 0 Å². The van der Waals surface area contributed by atoms with Gasteiger partial charge in [-0.2, -0.15) is 0 Å². The largest absolute Gasteiger partial charge is 0.387 e. The number of hydrogen-bond donors (Lipinski definition) is 1. The third-order valence-corrected chi connectivity index (χ3v) is 25.1. The molecule has 22 heteroatoms. The highest BCUT2D eigenvalue weighted by atomic mass is 32.2. The lowest BCUT2D eigenvalue weighted by Crippen LogP contribution is -2.66. The van der Waals surface area contributed by atoms with Gasteiger partial charge >= 0.3 is 0 Å². The molecule has 5 fully saturated rings. The van der Waals surface area contributed by atoms with Crippen LogP contribution in [0, 0.1) is 0 Å². The molecule has 0 spiro atoms. The van der Waals surface area contributed by atoms with E-state index in [0.717, 1.165) is 72.3 Å². The minimum absolute atomic E-state index is 0.0146. The molecule has 133 heavy (non-hydrogen) atoms. The summed E-state index contributed by atoms with van der Waals surface area (Å²) < 4.78 is 143. The fraction of sp³-hybridized carbons (Fsp3) is 0.351. The van der Waals surface area contributed by atoms with E-state index in [-0.39, 0.29) is 106 Å². The second-order valence-corrected chi connectivity index (χ2v) is 35.1. The summed E-state index contributed by atoms with van der Waals surface area (Å²) in [6, 6.07) is 118. The van der Waals surface area contributed by atoms with Crippen molar-refractivity contribution in [2.75, 3.05) is 32.2 Å². The fourth-order valence-corrected chi connectivity index (χ4v) is 18.3. The molecule has 0 aliphatic carbocycles. The van der Waals surface area contributed by atoms with Crippen LogP contribution in [0.2, 0.25) is 0 Å². The highest BCUT2D eigenvalue weighted by Crippen LogP contribution is 2.43. The van der Waals surface area contributed by atoms with Crippen LogP contribution in [0.1, 0.15) is 85.5 Å². The molecule has 0 unspecified atom stereocenters. The number of ether oxygens (including phenoxy) is 20. The van der Waals surface area contributed by atoms with E-state index in [4.69, 9.17) is 94.7 Å². The zero-order chi connectivity index (χ0) is 90.2. The second-order valence-electron chi connectivity index (χ2n) is 33.7. The maximum absolute atomic E-state index is 13.6. The number of rotatable bonds is 46. The van der Waals surface area contributed by atoms with Gasteiger partial charge in [-0.3, -0.25) is 0 Å². The molecule has 17 rings (SSSR count). The number of benzene rings is 12. The Morgan fingerprint density at radius 1 is 0.263 bits per heavy atom. The predicted molar refractivity (Wildman–Crippen MR) is 502 cm³/mol. The van der Waals surface area contributed by atoms with Crippen molar-refractivity contribution in [3.05, 3.63) is 430 Å². The van der Waals surface area contributed by atoms with Crippen LogP contribution in [0.3, 0.4) is 0 Å². The summed E-state index contributed by atoms with van der Waals surface area (Å²) in [6.07, 6.45) is -19.0. The van der Waals surface area contributed by atoms with E-state index in [1.807, 2.05) is 358 Å². The molecule has 12 aromatic rings. The first-order chi connectivity index (χ1) is 65.8. The topological polar surface area (TPSA) is 205 Å². The van der Waals surface area contributed by atoms with Gasteiger partial charge < -0.3 is 99.8 Å². The predicted octanol–water partition coefficient (Wildman–Crippen LogP) is 18.7. The van der Waals surface area contributed by atoms with Gasteiger partial charge in [-0.15, -0.1) is 11.8 Å². The van der Waals surface area contributed by atoms with Gasteiger partial charge in [0, 0.05) is 5.56 Å². The molecule has 0 amide bonds. The summed E-state index contributed by atoms with van der Waals surface area (Å²) in [5, 5.41) is 13.6. The Bertz CT molecular complexity index is 5260. The van der Waals surface area contributed by atoms with Gasteiger partial charge in [-0.1, -0.05) is 365 Å². The molecular weight excluding hydrogens is 1700 g/mol. The monoisotopic (exact) mass is 1820 g/mol. The zero-order valence-electron chi connectivity index (χ0n) is 74.7. The van der Waals surface area contributed by atoms with Gasteiger partial charge in [0.2, 0.25) is 0 Å². The lowest BCUT2D eigenvalue weighted by atomic mass is 9.95. The van der Waals surface area contributed by atoms with E-state index in [0.29, 0.717) is 5.75 Å². The summed E-state index contributed by atoms with van der Waals surface area (Å²) in [7, 11) is 0. The van der Waals surface area contributed by atoms with Crippen molar-refractivity contribution in [3.63, 3.8) is 0 Å². The first-order valence-electron chi connectivity index (χ1n) is 46.1. The van der Waals surface area contributed by atoms with Crippen molar-refractivity contribution in [1.82, 2.24) is 0 Å². The molecular formula is C111H118O21S. The number of thioether (sulfide) groups is 1. The quantitative estimate of drug-likeness (QED) is 0.0376. The maximum atomic E-state index is 13.6. The van der Waals surface area contributed by atoms with Gasteiger partial charge in [0.25, 0.3) is 0 Å². The minimum atomic E-state index is -1.41. The maximum Gasteiger partial charge on any atom is 0.187 e. The number of hydrogen-bond acceptors (Lipinski definition) is 22. The molecule has 21 atom stereocenters. The molecule has 0 radical (unpaired) electrons. The molecule has 21 nitrogen and oxygen atoms in total. The van der Waals surface area contributed by atoms with Crippen LogP contribution in [0.15, 0.2) is 358 Å². The van der Waals surface area contributed by atoms with Crippen molar-refractivity contribution in [3.8, 4) is 0 Å². The second kappa shape index (κ2) is 50.1. The highest BCUT2D eigenvalue weighted by molar-refractivity contribution is 7.99. The molecule has 0 aromatic heterocycles. The molecule has 5 heterocycles. The van der Waals surface area contributed by atoms with Crippen LogP contribution in [0.25, 0.3) is 0 Å². The van der Waals surface area contributed by atoms with Gasteiger partial charge in [-0.05, 0) is 72.5 Å². The first-order valence-corrected chi connectivity index (χ1v) is 47.2. The Hall–Kier alpha value is -9.85. The van der Waals surface area contributed by atoms with E-state index in [2.05, 4.69) is 6.92 Å². The van der Waals surface area contributed by atoms with Gasteiger partial charge in [0.1, 0.15) is 103 Å². The highest BCUT2D eigenvalue weighted by Gasteiger charge is 2.58. The Balaban J connectivity index is 0.671. The minimum Gasteiger partial charge on any atom is -0.387 e. The molecule has 1 N–H and O–H groups in total. The van der Waals surface area contributed by atoms with Crippen molar-refractivity contribution in [2.45, 2.75) is 214 Å². The number of fused-ring (bicyclic) bond motifs is 1. The third kappa shape index (κ3) is 27.1. The van der Waals surface area contributed by atoms with Crippen LogP contribution in [-0.2, 0) is 174 Å². The van der Waals surface area contributed by atoms with Crippen LogP contribution in [0.4, 0.5) is 0 Å². The van der Waals surface area contributed by atoms with E-state index < -0.39 is 128 Å². The van der Waals surface area contributed by atoms with Crippen molar-refractivity contribution in [1.29, 1.82) is 0 Å². The summed E-state index contributed by atoms with van der Waals surface area (Å²) in [4.78, 5) is 0. The molecule has 5 aliphatic rings. The molecule has 12 aromatic carbocycles. The van der Waals surface area contributed by atoms with Crippen LogP contribution in [-0.4, -0.2) is 159 Å². The molecule has 0 saturated carbocycles. The van der Waals surface area contributed by atoms with Crippen LogP contribution in [0.5, 0.6) is 0 Å². The first kappa shape index (κ1) is 94.9. The SMILES string of the molecule is CCS[C@@H]1O[C@H](COCc2cccc(CO[C@@H]3[C@H](O)[C@@H](OCc4ccccc4)[C@H](O[C@H]4[C@H](OCc5ccccc5)[C@@H](OCc5ccccc5)[C@H](OCc5ccccc5)O[C@@H]4COCc4ccccc4)O[C@@H]3COCc3ccccc3)c2)[C@@H](O[C@H]2O[C@@H]3CO[C@@H](c4ccccc4)O[C@H]3[C@H](OCc3ccccc3)[C@H]2OCc2ccccc2)[C@H](OCc2ccccc2)[C@H]1OCc1ccccc1. The summed E-state index contributed by atoms with van der Waals surface area (Å²) >= 11 is 1.63.